The molecule has 8 heteroatoms. The maximum Gasteiger partial charge on any atom is 0.327 e. The number of furan rings is 1. The summed E-state index contributed by atoms with van der Waals surface area (Å²) in [6, 6.07) is 10.6. The predicted octanol–water partition coefficient (Wildman–Crippen LogP) is 0.685. The zero-order chi connectivity index (χ0) is 18.1. The van der Waals surface area contributed by atoms with E-state index in [0.717, 1.165) is 12.0 Å². The van der Waals surface area contributed by atoms with Crippen LogP contribution in [0.25, 0.3) is 0 Å². The SMILES string of the molecule is CCc1ccc(OCC(=O)NNC(=O)C(=O)NCc2ccco2)cc1. The molecule has 8 nitrogen and oxygen atoms in total. The highest BCUT2D eigenvalue weighted by Crippen LogP contribution is 2.12. The number of hydrazine groups is 1. The first kappa shape index (κ1) is 18.1. The molecule has 25 heavy (non-hydrogen) atoms. The van der Waals surface area contributed by atoms with Crippen molar-refractivity contribution >= 4 is 17.7 Å². The van der Waals surface area contributed by atoms with Gasteiger partial charge in [-0.3, -0.25) is 25.2 Å². The lowest BCUT2D eigenvalue weighted by atomic mass is 10.2. The standard InChI is InChI=1S/C17H19N3O5/c1-2-12-5-7-13(8-6-12)25-11-15(21)19-20-17(23)16(22)18-10-14-4-3-9-24-14/h3-9H,2,10-11H2,1H3,(H,18,22)(H,19,21)(H,20,23). The molecule has 3 amide bonds. The molecule has 0 radical (unpaired) electrons. The van der Waals surface area contributed by atoms with E-state index in [4.69, 9.17) is 9.15 Å². The Kier molecular flexibility index (Phi) is 6.58. The Balaban J connectivity index is 1.66. The van der Waals surface area contributed by atoms with Crippen molar-refractivity contribution in [2.45, 2.75) is 19.9 Å². The van der Waals surface area contributed by atoms with Gasteiger partial charge in [-0.15, -0.1) is 0 Å². The van der Waals surface area contributed by atoms with Crippen LogP contribution in [-0.4, -0.2) is 24.3 Å². The van der Waals surface area contributed by atoms with Crippen LogP contribution in [0.15, 0.2) is 47.1 Å². The van der Waals surface area contributed by atoms with Crippen molar-refractivity contribution < 1.29 is 23.5 Å². The molecule has 1 heterocycles. The summed E-state index contributed by atoms with van der Waals surface area (Å²) in [5.41, 5.74) is 5.26. The van der Waals surface area contributed by atoms with E-state index in [-0.39, 0.29) is 13.2 Å². The van der Waals surface area contributed by atoms with Crippen molar-refractivity contribution in [3.05, 3.63) is 54.0 Å². The average molecular weight is 345 g/mol. The Labute approximate surface area is 144 Å². The molecule has 0 saturated heterocycles. The normalized spacial score (nSPS) is 9.96. The van der Waals surface area contributed by atoms with Crippen molar-refractivity contribution in [1.82, 2.24) is 16.2 Å². The maximum absolute atomic E-state index is 11.6. The van der Waals surface area contributed by atoms with Gasteiger partial charge in [0.1, 0.15) is 11.5 Å². The average Bonchev–Trinajstić information content (AvgIpc) is 3.16. The molecular formula is C17H19N3O5. The summed E-state index contributed by atoms with van der Waals surface area (Å²) in [5, 5.41) is 2.35. The fraction of sp³-hybridized carbons (Fsp3) is 0.235. The van der Waals surface area contributed by atoms with Gasteiger partial charge in [0.05, 0.1) is 12.8 Å². The molecular weight excluding hydrogens is 326 g/mol. The van der Waals surface area contributed by atoms with Crippen LogP contribution in [0.2, 0.25) is 0 Å². The minimum atomic E-state index is -0.993. The third kappa shape index (κ3) is 6.02. The molecule has 0 fully saturated rings. The van der Waals surface area contributed by atoms with Gasteiger partial charge in [-0.05, 0) is 36.2 Å². The molecule has 0 aliphatic rings. The molecule has 0 atom stereocenters. The van der Waals surface area contributed by atoms with Gasteiger partial charge >= 0.3 is 11.8 Å². The van der Waals surface area contributed by atoms with Crippen molar-refractivity contribution in [3.63, 3.8) is 0 Å². The van der Waals surface area contributed by atoms with E-state index in [1.807, 2.05) is 24.5 Å². The zero-order valence-corrected chi connectivity index (χ0v) is 13.7. The third-order valence-electron chi connectivity index (χ3n) is 3.23. The molecule has 0 aliphatic carbocycles. The fourth-order valence-electron chi connectivity index (χ4n) is 1.85. The van der Waals surface area contributed by atoms with Gasteiger partial charge in [0.25, 0.3) is 5.91 Å². The molecule has 1 aromatic carbocycles. The summed E-state index contributed by atoms with van der Waals surface area (Å²) in [6.07, 6.45) is 2.37. The van der Waals surface area contributed by atoms with E-state index < -0.39 is 17.7 Å². The number of amides is 3. The van der Waals surface area contributed by atoms with Gasteiger partial charge in [0.15, 0.2) is 6.61 Å². The van der Waals surface area contributed by atoms with Gasteiger partial charge < -0.3 is 14.5 Å². The Bertz CT molecular complexity index is 710. The number of benzene rings is 1. The van der Waals surface area contributed by atoms with Crippen LogP contribution in [0, 0.1) is 0 Å². The highest BCUT2D eigenvalue weighted by molar-refractivity contribution is 6.35. The van der Waals surface area contributed by atoms with Crippen LogP contribution in [0.4, 0.5) is 0 Å². The first-order valence-electron chi connectivity index (χ1n) is 7.69. The highest BCUT2D eigenvalue weighted by Gasteiger charge is 2.14. The summed E-state index contributed by atoms with van der Waals surface area (Å²) < 4.78 is 10.3. The lowest BCUT2D eigenvalue weighted by Crippen LogP contribution is -2.49. The van der Waals surface area contributed by atoms with Crippen LogP contribution in [-0.2, 0) is 27.3 Å². The van der Waals surface area contributed by atoms with E-state index in [0.29, 0.717) is 11.5 Å². The van der Waals surface area contributed by atoms with Gasteiger partial charge in [-0.2, -0.15) is 0 Å². The highest BCUT2D eigenvalue weighted by atomic mass is 16.5. The van der Waals surface area contributed by atoms with Crippen LogP contribution in [0.5, 0.6) is 5.75 Å². The Morgan fingerprint density at radius 3 is 2.44 bits per heavy atom. The molecule has 2 aromatic rings. The number of rotatable bonds is 6. The van der Waals surface area contributed by atoms with Crippen LogP contribution >= 0.6 is 0 Å². The van der Waals surface area contributed by atoms with E-state index in [1.54, 1.807) is 24.3 Å². The van der Waals surface area contributed by atoms with Crippen molar-refractivity contribution in [3.8, 4) is 5.75 Å². The van der Waals surface area contributed by atoms with Gasteiger partial charge in [-0.25, -0.2) is 0 Å². The molecule has 3 N–H and O–H groups in total. The maximum atomic E-state index is 11.6. The Hall–Kier alpha value is -3.29. The number of nitrogens with one attached hydrogen (secondary N) is 3. The number of hydrogen-bond donors (Lipinski definition) is 3. The topological polar surface area (TPSA) is 110 Å². The summed E-state index contributed by atoms with van der Waals surface area (Å²) in [5.74, 6) is -1.44. The number of aryl methyl sites for hydroxylation is 1. The fourth-order valence-corrected chi connectivity index (χ4v) is 1.85. The summed E-state index contributed by atoms with van der Waals surface area (Å²) in [6.45, 7) is 1.82. The van der Waals surface area contributed by atoms with Gasteiger partial charge in [0.2, 0.25) is 0 Å². The second-order valence-electron chi connectivity index (χ2n) is 5.05. The van der Waals surface area contributed by atoms with Crippen LogP contribution < -0.4 is 20.9 Å². The first-order chi connectivity index (χ1) is 12.1. The predicted molar refractivity (Wildman–Crippen MR) is 88.2 cm³/mol. The van der Waals surface area contributed by atoms with E-state index >= 15 is 0 Å². The minimum Gasteiger partial charge on any atom is -0.484 e. The quantitative estimate of drug-likeness (QED) is 0.527. The molecule has 0 aliphatic heterocycles. The number of ether oxygens (including phenoxy) is 1. The van der Waals surface area contributed by atoms with Gasteiger partial charge in [-0.1, -0.05) is 19.1 Å². The van der Waals surface area contributed by atoms with Crippen molar-refractivity contribution in [2.75, 3.05) is 6.61 Å². The Morgan fingerprint density at radius 1 is 1.04 bits per heavy atom. The molecule has 0 saturated carbocycles. The van der Waals surface area contributed by atoms with E-state index in [9.17, 15) is 14.4 Å². The monoisotopic (exact) mass is 345 g/mol. The summed E-state index contributed by atoms with van der Waals surface area (Å²) in [7, 11) is 0. The van der Waals surface area contributed by atoms with Crippen LogP contribution in [0.1, 0.15) is 18.2 Å². The molecule has 1 aromatic heterocycles. The van der Waals surface area contributed by atoms with E-state index in [2.05, 4.69) is 10.7 Å². The lowest BCUT2D eigenvalue weighted by molar-refractivity contribution is -0.141. The lowest BCUT2D eigenvalue weighted by Gasteiger charge is -2.09. The molecule has 0 bridgehead atoms. The van der Waals surface area contributed by atoms with Gasteiger partial charge in [0, 0.05) is 0 Å². The smallest absolute Gasteiger partial charge is 0.327 e. The first-order valence-corrected chi connectivity index (χ1v) is 7.69. The van der Waals surface area contributed by atoms with E-state index in [1.165, 1.54) is 6.26 Å². The summed E-state index contributed by atoms with van der Waals surface area (Å²) in [4.78, 5) is 34.7. The molecule has 0 spiro atoms. The molecule has 132 valence electrons. The largest absolute Gasteiger partial charge is 0.484 e. The number of hydrogen-bond acceptors (Lipinski definition) is 5. The second-order valence-corrected chi connectivity index (χ2v) is 5.05. The molecule has 2 rings (SSSR count). The zero-order valence-electron chi connectivity index (χ0n) is 13.7. The van der Waals surface area contributed by atoms with Crippen molar-refractivity contribution in [1.29, 1.82) is 0 Å². The Morgan fingerprint density at radius 2 is 1.80 bits per heavy atom. The summed E-state index contributed by atoms with van der Waals surface area (Å²) >= 11 is 0. The van der Waals surface area contributed by atoms with Crippen LogP contribution in [0.3, 0.4) is 0 Å². The number of carbonyl (C=O) groups is 3. The van der Waals surface area contributed by atoms with Crippen molar-refractivity contribution in [2.24, 2.45) is 0 Å². The number of carbonyl (C=O) groups excluding carboxylic acids is 3. The molecule has 0 unspecified atom stereocenters. The minimum absolute atomic E-state index is 0.0735. The third-order valence-corrected chi connectivity index (χ3v) is 3.23. The second kappa shape index (κ2) is 9.11.